The largest absolute Gasteiger partial charge is 0.353 e. The summed E-state index contributed by atoms with van der Waals surface area (Å²) in [6, 6.07) is 8.29. The first-order valence-corrected chi connectivity index (χ1v) is 9.27. The molecule has 0 spiro atoms. The van der Waals surface area contributed by atoms with Crippen LogP contribution in [0.15, 0.2) is 24.3 Å². The maximum Gasteiger partial charge on any atom is 0.227 e. The monoisotopic (exact) mass is 328 g/mol. The first kappa shape index (κ1) is 17.0. The van der Waals surface area contributed by atoms with E-state index < -0.39 is 0 Å². The second-order valence-electron chi connectivity index (χ2n) is 7.35. The van der Waals surface area contributed by atoms with Gasteiger partial charge in [-0.3, -0.25) is 9.59 Å². The van der Waals surface area contributed by atoms with E-state index in [1.54, 1.807) is 4.90 Å². The van der Waals surface area contributed by atoms with Crippen molar-refractivity contribution in [2.45, 2.75) is 58.4 Å². The summed E-state index contributed by atoms with van der Waals surface area (Å²) >= 11 is 0. The minimum atomic E-state index is -0.221. The zero-order chi connectivity index (χ0) is 17.1. The highest BCUT2D eigenvalue weighted by Crippen LogP contribution is 2.29. The molecule has 130 valence electrons. The lowest BCUT2D eigenvalue weighted by molar-refractivity contribution is -0.127. The molecule has 0 bridgehead atoms. The van der Waals surface area contributed by atoms with Crippen LogP contribution in [0, 0.1) is 11.8 Å². The van der Waals surface area contributed by atoms with Crippen LogP contribution in [0.25, 0.3) is 0 Å². The SMILES string of the molecule is CCc1ccccc1N1CC(C(=O)NC2CCC(C)CC2)CC1=O. The fourth-order valence-corrected chi connectivity index (χ4v) is 3.91. The number of benzene rings is 1. The maximum absolute atomic E-state index is 12.6. The van der Waals surface area contributed by atoms with Crippen molar-refractivity contribution < 1.29 is 9.59 Å². The molecule has 1 aliphatic heterocycles. The molecular formula is C20H28N2O2. The number of nitrogens with zero attached hydrogens (tertiary/aromatic N) is 1. The number of rotatable bonds is 4. The molecule has 1 N–H and O–H groups in total. The van der Waals surface area contributed by atoms with E-state index in [9.17, 15) is 9.59 Å². The van der Waals surface area contributed by atoms with Crippen molar-refractivity contribution in [2.75, 3.05) is 11.4 Å². The van der Waals surface area contributed by atoms with Gasteiger partial charge in [0.15, 0.2) is 0 Å². The minimum Gasteiger partial charge on any atom is -0.353 e. The molecule has 2 fully saturated rings. The van der Waals surface area contributed by atoms with Crippen molar-refractivity contribution in [3.05, 3.63) is 29.8 Å². The summed E-state index contributed by atoms with van der Waals surface area (Å²) in [6.07, 6.45) is 5.71. The van der Waals surface area contributed by atoms with E-state index in [1.807, 2.05) is 18.2 Å². The van der Waals surface area contributed by atoms with Gasteiger partial charge in [-0.15, -0.1) is 0 Å². The Morgan fingerprint density at radius 3 is 2.62 bits per heavy atom. The van der Waals surface area contributed by atoms with Crippen LogP contribution < -0.4 is 10.2 Å². The van der Waals surface area contributed by atoms with Gasteiger partial charge in [0.25, 0.3) is 0 Å². The summed E-state index contributed by atoms with van der Waals surface area (Å²) in [5, 5.41) is 3.18. The molecule has 2 amide bonds. The van der Waals surface area contributed by atoms with Crippen molar-refractivity contribution in [2.24, 2.45) is 11.8 Å². The summed E-state index contributed by atoms with van der Waals surface area (Å²) in [7, 11) is 0. The zero-order valence-electron chi connectivity index (χ0n) is 14.8. The Labute approximate surface area is 144 Å². The number of amides is 2. The number of para-hydroxylation sites is 1. The van der Waals surface area contributed by atoms with Crippen LogP contribution in [0.3, 0.4) is 0 Å². The first-order valence-electron chi connectivity index (χ1n) is 9.27. The lowest BCUT2D eigenvalue weighted by Crippen LogP contribution is -2.41. The van der Waals surface area contributed by atoms with Crippen molar-refractivity contribution in [3.8, 4) is 0 Å². The van der Waals surface area contributed by atoms with Gasteiger partial charge in [-0.1, -0.05) is 32.0 Å². The molecule has 24 heavy (non-hydrogen) atoms. The van der Waals surface area contributed by atoms with Gasteiger partial charge in [0.05, 0.1) is 5.92 Å². The van der Waals surface area contributed by atoms with Crippen LogP contribution in [0.5, 0.6) is 0 Å². The Hall–Kier alpha value is -1.84. The van der Waals surface area contributed by atoms with Crippen molar-refractivity contribution in [3.63, 3.8) is 0 Å². The van der Waals surface area contributed by atoms with Gasteiger partial charge in [0.2, 0.25) is 11.8 Å². The lowest BCUT2D eigenvalue weighted by atomic mass is 9.87. The highest BCUT2D eigenvalue weighted by molar-refractivity contribution is 6.00. The Balaban J connectivity index is 1.63. The third-order valence-electron chi connectivity index (χ3n) is 5.52. The predicted octanol–water partition coefficient (Wildman–Crippen LogP) is 3.30. The number of nitrogens with one attached hydrogen (secondary N) is 1. The van der Waals surface area contributed by atoms with Crippen LogP contribution >= 0.6 is 0 Å². The number of hydrogen-bond donors (Lipinski definition) is 1. The molecule has 1 aromatic rings. The molecule has 2 aliphatic rings. The van der Waals surface area contributed by atoms with E-state index in [0.29, 0.717) is 19.0 Å². The predicted molar refractivity (Wildman–Crippen MR) is 95.8 cm³/mol. The quantitative estimate of drug-likeness (QED) is 0.922. The summed E-state index contributed by atoms with van der Waals surface area (Å²) < 4.78 is 0. The number of hydrogen-bond acceptors (Lipinski definition) is 2. The maximum atomic E-state index is 12.6. The van der Waals surface area contributed by atoms with E-state index in [2.05, 4.69) is 25.2 Å². The van der Waals surface area contributed by atoms with Crippen LogP contribution in [0.4, 0.5) is 5.69 Å². The highest BCUT2D eigenvalue weighted by Gasteiger charge is 2.36. The molecule has 0 radical (unpaired) electrons. The number of carbonyl (C=O) groups is 2. The van der Waals surface area contributed by atoms with Gasteiger partial charge in [0, 0.05) is 24.7 Å². The average molecular weight is 328 g/mol. The molecule has 1 heterocycles. The van der Waals surface area contributed by atoms with Crippen molar-refractivity contribution in [1.29, 1.82) is 0 Å². The smallest absolute Gasteiger partial charge is 0.227 e. The van der Waals surface area contributed by atoms with E-state index in [4.69, 9.17) is 0 Å². The Morgan fingerprint density at radius 1 is 1.21 bits per heavy atom. The zero-order valence-corrected chi connectivity index (χ0v) is 14.8. The molecule has 4 heteroatoms. The second kappa shape index (κ2) is 7.37. The van der Waals surface area contributed by atoms with Gasteiger partial charge in [0.1, 0.15) is 0 Å². The summed E-state index contributed by atoms with van der Waals surface area (Å²) in [5.74, 6) is 0.668. The fraction of sp³-hybridized carbons (Fsp3) is 0.600. The molecule has 4 nitrogen and oxygen atoms in total. The summed E-state index contributed by atoms with van der Waals surface area (Å²) in [4.78, 5) is 26.8. The van der Waals surface area contributed by atoms with Crippen molar-refractivity contribution >= 4 is 17.5 Å². The molecule has 0 aromatic heterocycles. The highest BCUT2D eigenvalue weighted by atomic mass is 16.2. The van der Waals surface area contributed by atoms with Gasteiger partial charge in [-0.05, 0) is 49.7 Å². The molecule has 1 unspecified atom stereocenters. The number of anilines is 1. The second-order valence-corrected chi connectivity index (χ2v) is 7.35. The summed E-state index contributed by atoms with van der Waals surface area (Å²) in [6.45, 7) is 4.87. The van der Waals surface area contributed by atoms with Crippen LogP contribution in [0.1, 0.15) is 51.5 Å². The molecule has 1 aliphatic carbocycles. The Kier molecular flexibility index (Phi) is 5.22. The van der Waals surface area contributed by atoms with E-state index in [0.717, 1.165) is 36.4 Å². The average Bonchev–Trinajstić information content (AvgIpc) is 2.98. The molecule has 3 rings (SSSR count). The van der Waals surface area contributed by atoms with E-state index in [-0.39, 0.29) is 17.7 Å². The molecule has 1 saturated heterocycles. The van der Waals surface area contributed by atoms with Crippen LogP contribution in [-0.4, -0.2) is 24.4 Å². The molecular weight excluding hydrogens is 300 g/mol. The fourth-order valence-electron chi connectivity index (χ4n) is 3.91. The standard InChI is InChI=1S/C20H28N2O2/c1-3-15-6-4-5-7-18(15)22-13-16(12-19(22)23)20(24)21-17-10-8-14(2)9-11-17/h4-7,14,16-17H,3,8-13H2,1-2H3,(H,21,24). The van der Waals surface area contributed by atoms with Gasteiger partial charge < -0.3 is 10.2 Å². The summed E-state index contributed by atoms with van der Waals surface area (Å²) in [5.41, 5.74) is 2.12. The third-order valence-corrected chi connectivity index (χ3v) is 5.52. The van der Waals surface area contributed by atoms with Gasteiger partial charge in [-0.2, -0.15) is 0 Å². The third kappa shape index (κ3) is 3.63. The first-order chi connectivity index (χ1) is 11.6. The van der Waals surface area contributed by atoms with Crippen LogP contribution in [0.2, 0.25) is 0 Å². The van der Waals surface area contributed by atoms with Gasteiger partial charge in [-0.25, -0.2) is 0 Å². The van der Waals surface area contributed by atoms with E-state index >= 15 is 0 Å². The Bertz CT molecular complexity index is 605. The van der Waals surface area contributed by atoms with E-state index in [1.165, 1.54) is 12.8 Å². The molecule has 1 atom stereocenters. The van der Waals surface area contributed by atoms with Gasteiger partial charge >= 0.3 is 0 Å². The molecule has 1 aromatic carbocycles. The number of carbonyl (C=O) groups excluding carboxylic acids is 2. The van der Waals surface area contributed by atoms with Crippen molar-refractivity contribution in [1.82, 2.24) is 5.32 Å². The number of aryl methyl sites for hydroxylation is 1. The topological polar surface area (TPSA) is 49.4 Å². The molecule has 1 saturated carbocycles. The Morgan fingerprint density at radius 2 is 1.92 bits per heavy atom. The minimum absolute atomic E-state index is 0.0550. The normalized spacial score (nSPS) is 27.3. The lowest BCUT2D eigenvalue weighted by Gasteiger charge is -2.28. The van der Waals surface area contributed by atoms with Crippen LogP contribution in [-0.2, 0) is 16.0 Å².